The molecule has 0 aromatic heterocycles. The first-order valence-corrected chi connectivity index (χ1v) is 3.64. The van der Waals surface area contributed by atoms with Gasteiger partial charge >= 0.3 is 6.03 Å². The Hall–Kier alpha value is -1.75. The van der Waals surface area contributed by atoms with Gasteiger partial charge in [-0.3, -0.25) is 0 Å². The number of nitriles is 2. The van der Waals surface area contributed by atoms with Gasteiger partial charge in [-0.15, -0.1) is 0 Å². The molecule has 12 heavy (non-hydrogen) atoms. The Morgan fingerprint density at radius 2 is 1.58 bits per heavy atom. The monoisotopic (exact) mass is 162 g/mol. The van der Waals surface area contributed by atoms with Gasteiger partial charge in [-0.2, -0.15) is 10.5 Å². The van der Waals surface area contributed by atoms with Crippen LogP contribution >= 0.6 is 0 Å². The second kappa shape index (κ2) is 2.12. The molecule has 2 rings (SSSR count). The number of urea groups is 1. The number of carbonyl (C=O) groups is 1. The molecule has 0 saturated carbocycles. The predicted molar refractivity (Wildman–Crippen MR) is 37.6 cm³/mol. The van der Waals surface area contributed by atoms with Crippen molar-refractivity contribution < 1.29 is 4.79 Å². The highest BCUT2D eigenvalue weighted by atomic mass is 16.2. The molecule has 0 aromatic rings. The Kier molecular flexibility index (Phi) is 1.22. The highest BCUT2D eigenvalue weighted by molar-refractivity contribution is 5.81. The molecule has 2 atom stereocenters. The van der Waals surface area contributed by atoms with Gasteiger partial charge in [0.05, 0.1) is 25.2 Å². The van der Waals surface area contributed by atoms with Crippen LogP contribution in [0.1, 0.15) is 0 Å². The van der Waals surface area contributed by atoms with Gasteiger partial charge in [0.1, 0.15) is 12.1 Å². The standard InChI is InChI=1S/C7H6N4O/c8-1-5-3-10(5)7(12)11-4-6(11)2-9/h5-6H,3-4H2. The van der Waals surface area contributed by atoms with Gasteiger partial charge in [0.15, 0.2) is 0 Å². The molecule has 0 radical (unpaired) electrons. The van der Waals surface area contributed by atoms with Gasteiger partial charge in [0, 0.05) is 0 Å². The Bertz CT molecular complexity index is 282. The van der Waals surface area contributed by atoms with Gasteiger partial charge in [-0.25, -0.2) is 4.79 Å². The maximum absolute atomic E-state index is 11.3. The average molecular weight is 162 g/mol. The van der Waals surface area contributed by atoms with E-state index < -0.39 is 0 Å². The van der Waals surface area contributed by atoms with Gasteiger partial charge in [0.25, 0.3) is 0 Å². The number of nitrogens with zero attached hydrogens (tertiary/aromatic N) is 4. The Balaban J connectivity index is 1.90. The van der Waals surface area contributed by atoms with E-state index in [4.69, 9.17) is 10.5 Å². The molecule has 2 aliphatic rings. The van der Waals surface area contributed by atoms with E-state index in [2.05, 4.69) is 0 Å². The van der Waals surface area contributed by atoms with Crippen molar-refractivity contribution in [1.29, 1.82) is 10.5 Å². The summed E-state index contributed by atoms with van der Waals surface area (Å²) in [6.45, 7) is 1.04. The summed E-state index contributed by atoms with van der Waals surface area (Å²) in [5.74, 6) is 0. The molecular weight excluding hydrogens is 156 g/mol. The van der Waals surface area contributed by atoms with Crippen LogP contribution in [0.2, 0.25) is 0 Å². The zero-order valence-electron chi connectivity index (χ0n) is 6.27. The number of hydrogen-bond donors (Lipinski definition) is 0. The second-order valence-corrected chi connectivity index (χ2v) is 2.88. The Morgan fingerprint density at radius 3 is 1.83 bits per heavy atom. The van der Waals surface area contributed by atoms with Crippen LogP contribution < -0.4 is 0 Å². The molecule has 0 bridgehead atoms. The summed E-state index contributed by atoms with van der Waals surface area (Å²) in [4.78, 5) is 14.2. The number of rotatable bonds is 0. The van der Waals surface area contributed by atoms with Crippen LogP contribution in [0.25, 0.3) is 0 Å². The van der Waals surface area contributed by atoms with E-state index in [1.165, 1.54) is 9.80 Å². The van der Waals surface area contributed by atoms with Crippen molar-refractivity contribution in [2.24, 2.45) is 0 Å². The van der Waals surface area contributed by atoms with Crippen molar-refractivity contribution in [3.8, 4) is 12.1 Å². The smallest absolute Gasteiger partial charge is 0.304 e. The molecule has 0 N–H and O–H groups in total. The maximum atomic E-state index is 11.3. The Morgan fingerprint density at radius 1 is 1.17 bits per heavy atom. The minimum atomic E-state index is -0.252. The lowest BCUT2D eigenvalue weighted by Crippen LogP contribution is -2.21. The lowest BCUT2D eigenvalue weighted by molar-refractivity contribution is 0.214. The van der Waals surface area contributed by atoms with E-state index in [0.717, 1.165) is 0 Å². The van der Waals surface area contributed by atoms with E-state index in [9.17, 15) is 4.79 Å². The molecule has 0 aliphatic carbocycles. The van der Waals surface area contributed by atoms with E-state index in [0.29, 0.717) is 13.1 Å². The van der Waals surface area contributed by atoms with Gasteiger partial charge < -0.3 is 9.80 Å². The summed E-state index contributed by atoms with van der Waals surface area (Å²) in [6, 6.07) is 3.28. The van der Waals surface area contributed by atoms with Crippen molar-refractivity contribution in [1.82, 2.24) is 9.80 Å². The average Bonchev–Trinajstić information content (AvgIpc) is 2.98. The van der Waals surface area contributed by atoms with Crippen LogP contribution in [0.5, 0.6) is 0 Å². The molecular formula is C7H6N4O. The summed E-state index contributed by atoms with van der Waals surface area (Å²) in [5, 5.41) is 16.8. The van der Waals surface area contributed by atoms with Gasteiger partial charge in [-0.1, -0.05) is 0 Å². The molecule has 2 heterocycles. The molecule has 5 nitrogen and oxygen atoms in total. The first-order valence-electron chi connectivity index (χ1n) is 3.64. The molecule has 2 saturated heterocycles. The lowest BCUT2D eigenvalue weighted by Gasteiger charge is -2.00. The van der Waals surface area contributed by atoms with E-state index in [-0.39, 0.29) is 18.1 Å². The topological polar surface area (TPSA) is 70.7 Å². The van der Waals surface area contributed by atoms with Crippen molar-refractivity contribution in [2.45, 2.75) is 12.1 Å². The van der Waals surface area contributed by atoms with E-state index >= 15 is 0 Å². The van der Waals surface area contributed by atoms with Crippen LogP contribution in [0, 0.1) is 22.7 Å². The summed E-state index contributed by atoms with van der Waals surface area (Å²) in [6.07, 6.45) is 0. The lowest BCUT2D eigenvalue weighted by atomic mass is 10.5. The van der Waals surface area contributed by atoms with Crippen molar-refractivity contribution in [3.63, 3.8) is 0 Å². The minimum Gasteiger partial charge on any atom is -0.304 e. The zero-order chi connectivity index (χ0) is 8.72. The molecule has 0 aromatic carbocycles. The van der Waals surface area contributed by atoms with Gasteiger partial charge in [-0.05, 0) is 0 Å². The summed E-state index contributed by atoms with van der Waals surface area (Å²) in [7, 11) is 0. The summed E-state index contributed by atoms with van der Waals surface area (Å²) < 4.78 is 0. The van der Waals surface area contributed by atoms with Crippen LogP contribution in [-0.4, -0.2) is 41.0 Å². The second-order valence-electron chi connectivity index (χ2n) is 2.88. The van der Waals surface area contributed by atoms with E-state index in [1.54, 1.807) is 0 Å². The Labute approximate surface area is 69.4 Å². The van der Waals surface area contributed by atoms with Crippen LogP contribution in [-0.2, 0) is 0 Å². The molecule has 5 heteroatoms. The molecule has 2 aliphatic heterocycles. The van der Waals surface area contributed by atoms with Crippen molar-refractivity contribution in [3.05, 3.63) is 0 Å². The number of amides is 2. The fourth-order valence-corrected chi connectivity index (χ4v) is 1.09. The molecule has 2 unspecified atom stereocenters. The van der Waals surface area contributed by atoms with Gasteiger partial charge in [0.2, 0.25) is 0 Å². The first kappa shape index (κ1) is 6.93. The minimum absolute atomic E-state index is 0.173. The maximum Gasteiger partial charge on any atom is 0.322 e. The fraction of sp³-hybridized carbons (Fsp3) is 0.571. The van der Waals surface area contributed by atoms with E-state index in [1.807, 2.05) is 12.1 Å². The van der Waals surface area contributed by atoms with Crippen LogP contribution in [0.15, 0.2) is 0 Å². The first-order chi connectivity index (χ1) is 5.77. The van der Waals surface area contributed by atoms with Crippen LogP contribution in [0.4, 0.5) is 4.79 Å². The third-order valence-corrected chi connectivity index (χ3v) is 2.01. The fourth-order valence-electron chi connectivity index (χ4n) is 1.09. The summed E-state index contributed by atoms with van der Waals surface area (Å²) >= 11 is 0. The highest BCUT2D eigenvalue weighted by Crippen LogP contribution is 2.25. The largest absolute Gasteiger partial charge is 0.322 e. The third kappa shape index (κ3) is 0.876. The van der Waals surface area contributed by atoms with Crippen LogP contribution in [0.3, 0.4) is 0 Å². The highest BCUT2D eigenvalue weighted by Gasteiger charge is 2.48. The quantitative estimate of drug-likeness (QED) is 0.452. The SMILES string of the molecule is N#CC1CN1C(=O)N1CC1C#N. The third-order valence-electron chi connectivity index (χ3n) is 2.01. The summed E-state index contributed by atoms with van der Waals surface area (Å²) in [5.41, 5.74) is 0. The molecule has 2 fully saturated rings. The van der Waals surface area contributed by atoms with Crippen molar-refractivity contribution >= 4 is 6.03 Å². The normalized spacial score (nSPS) is 30.5. The molecule has 60 valence electrons. The van der Waals surface area contributed by atoms with Crippen molar-refractivity contribution in [2.75, 3.05) is 13.1 Å². The number of hydrogen-bond acceptors (Lipinski definition) is 3. The molecule has 2 amide bonds. The predicted octanol–water partition coefficient (Wildman–Crippen LogP) is -0.478. The molecule has 0 spiro atoms. The number of carbonyl (C=O) groups excluding carboxylic acids is 1. The zero-order valence-corrected chi connectivity index (χ0v) is 6.27.